The van der Waals surface area contributed by atoms with E-state index < -0.39 is 24.2 Å². The summed E-state index contributed by atoms with van der Waals surface area (Å²) in [4.78, 5) is 12.6. The zero-order valence-corrected chi connectivity index (χ0v) is 14.8. The summed E-state index contributed by atoms with van der Waals surface area (Å²) in [5, 5.41) is 14.2. The van der Waals surface area contributed by atoms with Gasteiger partial charge >= 0.3 is 6.18 Å². The molecule has 0 saturated carbocycles. The van der Waals surface area contributed by atoms with Crippen molar-refractivity contribution in [2.45, 2.75) is 18.3 Å². The summed E-state index contributed by atoms with van der Waals surface area (Å²) in [6.45, 7) is 0. The fraction of sp³-hybridized carbons (Fsp3) is 0.176. The number of halogens is 4. The normalized spacial score (nSPS) is 20.5. The van der Waals surface area contributed by atoms with Crippen LogP contribution in [0.3, 0.4) is 0 Å². The maximum Gasteiger partial charge on any atom is 0.438 e. The minimum Gasteiger partial charge on any atom is -0.362 e. The lowest BCUT2D eigenvalue weighted by molar-refractivity contribution is -0.297. The van der Waals surface area contributed by atoms with Gasteiger partial charge in [0.1, 0.15) is 0 Å². The van der Waals surface area contributed by atoms with E-state index in [1.165, 1.54) is 12.1 Å². The maximum atomic E-state index is 13.5. The van der Waals surface area contributed by atoms with Crippen LogP contribution in [0.25, 0.3) is 0 Å². The molecule has 130 valence electrons. The van der Waals surface area contributed by atoms with Crippen LogP contribution >= 0.6 is 22.6 Å². The zero-order chi connectivity index (χ0) is 18.2. The molecule has 0 fully saturated rings. The lowest BCUT2D eigenvalue weighted by Crippen LogP contribution is -2.56. The Morgan fingerprint density at radius 3 is 2.28 bits per heavy atom. The topological polar surface area (TPSA) is 52.9 Å². The average Bonchev–Trinajstić information content (AvgIpc) is 2.95. The van der Waals surface area contributed by atoms with Gasteiger partial charge in [-0.25, -0.2) is 0 Å². The van der Waals surface area contributed by atoms with Crippen LogP contribution in [0, 0.1) is 3.57 Å². The minimum atomic E-state index is -5.05. The number of nitrogens with zero attached hydrogens (tertiary/aromatic N) is 2. The van der Waals surface area contributed by atoms with Gasteiger partial charge in [0.25, 0.3) is 11.6 Å². The Balaban J connectivity index is 2.04. The van der Waals surface area contributed by atoms with E-state index in [9.17, 15) is 23.1 Å². The van der Waals surface area contributed by atoms with E-state index in [-0.39, 0.29) is 16.3 Å². The van der Waals surface area contributed by atoms with Crippen LogP contribution in [0.4, 0.5) is 13.2 Å². The zero-order valence-electron chi connectivity index (χ0n) is 12.7. The molecular formula is C17H12F3IN2O2. The molecule has 1 atom stereocenters. The minimum absolute atomic E-state index is 0.000660. The van der Waals surface area contributed by atoms with Crippen LogP contribution in [0.2, 0.25) is 0 Å². The second-order valence-corrected chi connectivity index (χ2v) is 6.77. The Kier molecular flexibility index (Phi) is 4.58. The molecule has 0 radical (unpaired) electrons. The SMILES string of the molecule is O=C(c1ccc(I)cc1)N1N=C(c2ccccc2)C[C@]1(O)C(F)(F)F. The molecule has 1 aliphatic heterocycles. The third-order valence-corrected chi connectivity index (χ3v) is 4.55. The van der Waals surface area contributed by atoms with Crippen molar-refractivity contribution >= 4 is 34.2 Å². The molecule has 0 bridgehead atoms. The van der Waals surface area contributed by atoms with Gasteiger partial charge in [0.15, 0.2) is 0 Å². The molecule has 0 saturated heterocycles. The van der Waals surface area contributed by atoms with Crippen molar-refractivity contribution in [2.75, 3.05) is 0 Å². The number of carbonyl (C=O) groups excluding carboxylic acids is 1. The first kappa shape index (κ1) is 17.9. The lowest BCUT2D eigenvalue weighted by atomic mass is 10.0. The highest BCUT2D eigenvalue weighted by atomic mass is 127. The van der Waals surface area contributed by atoms with Crippen LogP contribution in [-0.2, 0) is 0 Å². The first-order chi connectivity index (χ1) is 11.7. The van der Waals surface area contributed by atoms with Crippen molar-refractivity contribution in [2.24, 2.45) is 5.10 Å². The maximum absolute atomic E-state index is 13.5. The number of rotatable bonds is 2. The summed E-state index contributed by atoms with van der Waals surface area (Å²) in [5.41, 5.74) is -2.94. The van der Waals surface area contributed by atoms with Crippen LogP contribution in [-0.4, -0.2) is 33.6 Å². The molecule has 0 aromatic heterocycles. The first-order valence-corrected chi connectivity index (χ1v) is 8.32. The summed E-state index contributed by atoms with van der Waals surface area (Å²) < 4.78 is 41.3. The molecule has 8 heteroatoms. The molecular weight excluding hydrogens is 448 g/mol. The summed E-state index contributed by atoms with van der Waals surface area (Å²) >= 11 is 2.02. The number of carbonyl (C=O) groups is 1. The molecule has 2 aromatic carbocycles. The predicted octanol–water partition coefficient (Wildman–Crippen LogP) is 3.79. The predicted molar refractivity (Wildman–Crippen MR) is 93.9 cm³/mol. The Morgan fingerprint density at radius 2 is 1.72 bits per heavy atom. The van der Waals surface area contributed by atoms with E-state index >= 15 is 0 Å². The summed E-state index contributed by atoms with van der Waals surface area (Å²) in [6.07, 6.45) is -5.87. The Morgan fingerprint density at radius 1 is 1.12 bits per heavy atom. The Hall–Kier alpha value is -1.94. The molecule has 0 aliphatic carbocycles. The highest BCUT2D eigenvalue weighted by Gasteiger charge is 2.63. The van der Waals surface area contributed by atoms with E-state index in [1.807, 2.05) is 22.6 Å². The monoisotopic (exact) mass is 460 g/mol. The fourth-order valence-corrected chi connectivity index (χ4v) is 2.85. The van der Waals surface area contributed by atoms with Crippen molar-refractivity contribution in [1.82, 2.24) is 5.01 Å². The van der Waals surface area contributed by atoms with Crippen molar-refractivity contribution in [3.05, 3.63) is 69.3 Å². The van der Waals surface area contributed by atoms with E-state index in [0.29, 0.717) is 5.56 Å². The molecule has 1 N–H and O–H groups in total. The van der Waals surface area contributed by atoms with Crippen molar-refractivity contribution < 1.29 is 23.1 Å². The Bertz CT molecular complexity index is 822. The van der Waals surface area contributed by atoms with Gasteiger partial charge in [-0.05, 0) is 52.4 Å². The van der Waals surface area contributed by atoms with Crippen LogP contribution < -0.4 is 0 Å². The molecule has 0 unspecified atom stereocenters. The highest BCUT2D eigenvalue weighted by molar-refractivity contribution is 14.1. The number of hydrogen-bond acceptors (Lipinski definition) is 3. The van der Waals surface area contributed by atoms with E-state index in [2.05, 4.69) is 5.10 Å². The van der Waals surface area contributed by atoms with E-state index in [0.717, 1.165) is 3.57 Å². The summed E-state index contributed by atoms with van der Waals surface area (Å²) in [6, 6.07) is 14.2. The molecule has 1 heterocycles. The largest absolute Gasteiger partial charge is 0.438 e. The van der Waals surface area contributed by atoms with Gasteiger partial charge in [-0.3, -0.25) is 4.79 Å². The molecule has 1 amide bonds. The lowest BCUT2D eigenvalue weighted by Gasteiger charge is -2.32. The van der Waals surface area contributed by atoms with Crippen molar-refractivity contribution in [3.63, 3.8) is 0 Å². The first-order valence-electron chi connectivity index (χ1n) is 7.24. The van der Waals surface area contributed by atoms with Gasteiger partial charge in [0, 0.05) is 9.13 Å². The van der Waals surface area contributed by atoms with Gasteiger partial charge in [0.2, 0.25) is 0 Å². The van der Waals surface area contributed by atoms with Gasteiger partial charge < -0.3 is 5.11 Å². The molecule has 2 aromatic rings. The third-order valence-electron chi connectivity index (χ3n) is 3.83. The van der Waals surface area contributed by atoms with Gasteiger partial charge in [-0.2, -0.15) is 23.3 Å². The molecule has 3 rings (SSSR count). The van der Waals surface area contributed by atoms with Gasteiger partial charge in [-0.15, -0.1) is 0 Å². The van der Waals surface area contributed by atoms with E-state index in [4.69, 9.17) is 0 Å². The van der Waals surface area contributed by atoms with Crippen LogP contribution in [0.1, 0.15) is 22.3 Å². The number of alkyl halides is 3. The van der Waals surface area contributed by atoms with Crippen molar-refractivity contribution in [3.8, 4) is 0 Å². The van der Waals surface area contributed by atoms with E-state index in [1.54, 1.807) is 42.5 Å². The van der Waals surface area contributed by atoms with Crippen LogP contribution in [0.15, 0.2) is 59.7 Å². The summed E-state index contributed by atoms with van der Waals surface area (Å²) in [7, 11) is 0. The number of benzene rings is 2. The fourth-order valence-electron chi connectivity index (χ4n) is 2.49. The average molecular weight is 460 g/mol. The van der Waals surface area contributed by atoms with Gasteiger partial charge in [0.05, 0.1) is 12.1 Å². The van der Waals surface area contributed by atoms with Gasteiger partial charge in [-0.1, -0.05) is 30.3 Å². The van der Waals surface area contributed by atoms with Crippen LogP contribution in [0.5, 0.6) is 0 Å². The number of hydrogen-bond donors (Lipinski definition) is 1. The third kappa shape index (κ3) is 3.28. The molecule has 4 nitrogen and oxygen atoms in total. The number of amides is 1. The second kappa shape index (κ2) is 6.41. The highest BCUT2D eigenvalue weighted by Crippen LogP contribution is 2.41. The summed E-state index contributed by atoms with van der Waals surface area (Å²) in [5.74, 6) is -1.01. The molecule has 0 spiro atoms. The number of aliphatic hydroxyl groups is 1. The molecule has 25 heavy (non-hydrogen) atoms. The Labute approximate surface area is 155 Å². The molecule has 1 aliphatic rings. The smallest absolute Gasteiger partial charge is 0.362 e. The standard InChI is InChI=1S/C17H12F3IN2O2/c18-17(19,20)16(25)10-14(11-4-2-1-3-5-11)22-23(16)15(24)12-6-8-13(21)9-7-12/h1-9,25H,10H2/t16-/m0/s1. The quantitative estimate of drug-likeness (QED) is 0.694. The number of hydrazone groups is 1. The van der Waals surface area contributed by atoms with Crippen molar-refractivity contribution in [1.29, 1.82) is 0 Å². The second-order valence-electron chi connectivity index (χ2n) is 5.53.